The maximum atomic E-state index is 5.71. The molecule has 1 heterocycles. The molecule has 0 aliphatic heterocycles. The summed E-state index contributed by atoms with van der Waals surface area (Å²) in [5, 5.41) is 3.49. The van der Waals surface area contributed by atoms with Crippen LogP contribution >= 0.6 is 0 Å². The van der Waals surface area contributed by atoms with E-state index in [2.05, 4.69) is 34.6 Å². The summed E-state index contributed by atoms with van der Waals surface area (Å²) in [4.78, 5) is 4.31. The van der Waals surface area contributed by atoms with Crippen LogP contribution in [0.4, 0.5) is 11.6 Å². The van der Waals surface area contributed by atoms with Crippen LogP contribution in [0.25, 0.3) is 0 Å². The van der Waals surface area contributed by atoms with Gasteiger partial charge in [0.05, 0.1) is 6.04 Å². The van der Waals surface area contributed by atoms with Gasteiger partial charge >= 0.3 is 0 Å². The highest BCUT2D eigenvalue weighted by Gasteiger charge is 2.19. The van der Waals surface area contributed by atoms with E-state index in [1.165, 1.54) is 24.0 Å². The third kappa shape index (κ3) is 2.16. The largest absolute Gasteiger partial charge is 0.384 e. The summed E-state index contributed by atoms with van der Waals surface area (Å²) in [5.41, 5.74) is 8.55. The Balaban J connectivity index is 1.86. The number of anilines is 2. The standard InChI is InChI=1S/C15H17N3/c16-14-9-4-10-15(18-14)17-13-8-3-6-11-5-1-2-7-12(11)13/h1-2,4-5,7,9-10,13H,3,6,8H2,(H3,16,17,18). The van der Waals surface area contributed by atoms with Gasteiger partial charge in [-0.1, -0.05) is 30.3 Å². The lowest BCUT2D eigenvalue weighted by Crippen LogP contribution is -2.17. The Hall–Kier alpha value is -2.03. The lowest BCUT2D eigenvalue weighted by molar-refractivity contribution is 0.599. The first kappa shape index (κ1) is 11.1. The number of nitrogen functional groups attached to an aromatic ring is 1. The molecule has 0 spiro atoms. The average Bonchev–Trinajstić information content (AvgIpc) is 2.39. The second-order valence-electron chi connectivity index (χ2n) is 4.74. The molecule has 0 saturated heterocycles. The highest BCUT2D eigenvalue weighted by molar-refractivity contribution is 5.46. The highest BCUT2D eigenvalue weighted by Crippen LogP contribution is 2.31. The monoisotopic (exact) mass is 239 g/mol. The maximum Gasteiger partial charge on any atom is 0.128 e. The predicted octanol–water partition coefficient (Wildman–Crippen LogP) is 3.15. The number of aryl methyl sites for hydroxylation is 1. The van der Waals surface area contributed by atoms with Gasteiger partial charge in [-0.2, -0.15) is 0 Å². The van der Waals surface area contributed by atoms with E-state index in [0.29, 0.717) is 11.9 Å². The fraction of sp³-hybridized carbons (Fsp3) is 0.267. The van der Waals surface area contributed by atoms with Crippen LogP contribution in [0.1, 0.15) is 30.0 Å². The summed E-state index contributed by atoms with van der Waals surface area (Å²) in [6, 6.07) is 14.7. The third-order valence-corrected chi connectivity index (χ3v) is 3.46. The number of pyridine rings is 1. The fourth-order valence-corrected chi connectivity index (χ4v) is 2.61. The molecule has 1 aliphatic carbocycles. The zero-order chi connectivity index (χ0) is 12.4. The van der Waals surface area contributed by atoms with Crippen molar-refractivity contribution in [1.29, 1.82) is 0 Å². The smallest absolute Gasteiger partial charge is 0.128 e. The molecule has 0 fully saturated rings. The van der Waals surface area contributed by atoms with Crippen molar-refractivity contribution in [3.05, 3.63) is 53.6 Å². The molecule has 1 atom stereocenters. The summed E-state index contributed by atoms with van der Waals surface area (Å²) < 4.78 is 0. The molecule has 3 heteroatoms. The molecule has 3 nitrogen and oxygen atoms in total. The van der Waals surface area contributed by atoms with Crippen molar-refractivity contribution < 1.29 is 0 Å². The van der Waals surface area contributed by atoms with Gasteiger partial charge in [0.25, 0.3) is 0 Å². The van der Waals surface area contributed by atoms with Gasteiger partial charge in [0.15, 0.2) is 0 Å². The number of nitrogens with one attached hydrogen (secondary N) is 1. The summed E-state index contributed by atoms with van der Waals surface area (Å²) in [6.45, 7) is 0. The van der Waals surface area contributed by atoms with Crippen molar-refractivity contribution in [2.45, 2.75) is 25.3 Å². The van der Waals surface area contributed by atoms with E-state index in [1.54, 1.807) is 6.07 Å². The van der Waals surface area contributed by atoms with Crippen molar-refractivity contribution in [1.82, 2.24) is 4.98 Å². The molecule has 0 radical (unpaired) electrons. The molecule has 1 aromatic heterocycles. The molecule has 3 N–H and O–H groups in total. The lowest BCUT2D eigenvalue weighted by Gasteiger charge is -2.26. The summed E-state index contributed by atoms with van der Waals surface area (Å²) >= 11 is 0. The van der Waals surface area contributed by atoms with E-state index in [1.807, 2.05) is 12.1 Å². The van der Waals surface area contributed by atoms with Crippen molar-refractivity contribution >= 4 is 11.6 Å². The van der Waals surface area contributed by atoms with Crippen LogP contribution in [-0.2, 0) is 6.42 Å². The van der Waals surface area contributed by atoms with E-state index >= 15 is 0 Å². The number of fused-ring (bicyclic) bond motifs is 1. The van der Waals surface area contributed by atoms with Gasteiger partial charge in [0, 0.05) is 0 Å². The van der Waals surface area contributed by atoms with E-state index in [9.17, 15) is 0 Å². The van der Waals surface area contributed by atoms with Crippen LogP contribution < -0.4 is 11.1 Å². The number of nitrogens with zero attached hydrogens (tertiary/aromatic N) is 1. The molecule has 1 aromatic carbocycles. The molecule has 0 bridgehead atoms. The molecule has 3 rings (SSSR count). The normalized spacial score (nSPS) is 18.1. The molecule has 1 aliphatic rings. The number of hydrogen-bond acceptors (Lipinski definition) is 3. The Morgan fingerprint density at radius 3 is 2.89 bits per heavy atom. The Bertz CT molecular complexity index is 551. The Kier molecular flexibility index (Phi) is 2.89. The summed E-state index contributed by atoms with van der Waals surface area (Å²) in [5.74, 6) is 1.42. The van der Waals surface area contributed by atoms with Crippen LogP contribution in [0.2, 0.25) is 0 Å². The first-order valence-electron chi connectivity index (χ1n) is 6.40. The minimum atomic E-state index is 0.351. The molecule has 0 amide bonds. The molecule has 92 valence electrons. The summed E-state index contributed by atoms with van der Waals surface area (Å²) in [7, 11) is 0. The lowest BCUT2D eigenvalue weighted by atomic mass is 9.88. The Morgan fingerprint density at radius 2 is 2.00 bits per heavy atom. The second-order valence-corrected chi connectivity index (χ2v) is 4.74. The number of aromatic nitrogens is 1. The van der Waals surface area contributed by atoms with Crippen LogP contribution in [-0.4, -0.2) is 4.98 Å². The Morgan fingerprint density at radius 1 is 1.11 bits per heavy atom. The molecular weight excluding hydrogens is 222 g/mol. The van der Waals surface area contributed by atoms with E-state index < -0.39 is 0 Å². The van der Waals surface area contributed by atoms with Gasteiger partial charge in [-0.25, -0.2) is 4.98 Å². The average molecular weight is 239 g/mol. The first-order chi connectivity index (χ1) is 8.83. The predicted molar refractivity (Wildman–Crippen MR) is 74.4 cm³/mol. The first-order valence-corrected chi connectivity index (χ1v) is 6.40. The van der Waals surface area contributed by atoms with E-state index in [0.717, 1.165) is 12.2 Å². The Labute approximate surface area is 107 Å². The van der Waals surface area contributed by atoms with Crippen molar-refractivity contribution in [3.8, 4) is 0 Å². The number of hydrogen-bond donors (Lipinski definition) is 2. The van der Waals surface area contributed by atoms with Crippen molar-refractivity contribution in [2.75, 3.05) is 11.1 Å². The minimum Gasteiger partial charge on any atom is -0.384 e. The van der Waals surface area contributed by atoms with E-state index in [4.69, 9.17) is 5.73 Å². The van der Waals surface area contributed by atoms with Crippen LogP contribution in [0.3, 0.4) is 0 Å². The van der Waals surface area contributed by atoms with Crippen LogP contribution in [0, 0.1) is 0 Å². The van der Waals surface area contributed by atoms with Gasteiger partial charge in [0.2, 0.25) is 0 Å². The van der Waals surface area contributed by atoms with Gasteiger partial charge in [0.1, 0.15) is 11.6 Å². The number of rotatable bonds is 2. The SMILES string of the molecule is Nc1cccc(NC2CCCc3ccccc32)n1. The third-order valence-electron chi connectivity index (χ3n) is 3.46. The number of nitrogens with two attached hydrogens (primary N) is 1. The molecule has 18 heavy (non-hydrogen) atoms. The maximum absolute atomic E-state index is 5.71. The zero-order valence-corrected chi connectivity index (χ0v) is 10.3. The van der Waals surface area contributed by atoms with Gasteiger partial charge < -0.3 is 11.1 Å². The molecule has 0 saturated carbocycles. The van der Waals surface area contributed by atoms with Gasteiger partial charge in [-0.15, -0.1) is 0 Å². The van der Waals surface area contributed by atoms with Crippen LogP contribution in [0.15, 0.2) is 42.5 Å². The molecular formula is C15H17N3. The number of benzene rings is 1. The van der Waals surface area contributed by atoms with Crippen LogP contribution in [0.5, 0.6) is 0 Å². The van der Waals surface area contributed by atoms with Gasteiger partial charge in [-0.05, 0) is 42.5 Å². The van der Waals surface area contributed by atoms with E-state index in [-0.39, 0.29) is 0 Å². The highest BCUT2D eigenvalue weighted by atomic mass is 15.0. The zero-order valence-electron chi connectivity index (χ0n) is 10.3. The van der Waals surface area contributed by atoms with Crippen molar-refractivity contribution in [3.63, 3.8) is 0 Å². The summed E-state index contributed by atoms with van der Waals surface area (Å²) in [6.07, 6.45) is 3.54. The molecule has 2 aromatic rings. The van der Waals surface area contributed by atoms with Crippen molar-refractivity contribution in [2.24, 2.45) is 0 Å². The topological polar surface area (TPSA) is 50.9 Å². The fourth-order valence-electron chi connectivity index (χ4n) is 2.61. The minimum absolute atomic E-state index is 0.351. The quantitative estimate of drug-likeness (QED) is 0.846. The molecule has 1 unspecified atom stereocenters. The second kappa shape index (κ2) is 4.69. The van der Waals surface area contributed by atoms with Gasteiger partial charge in [-0.3, -0.25) is 0 Å².